The van der Waals surface area contributed by atoms with E-state index in [1.807, 2.05) is 30.8 Å². The van der Waals surface area contributed by atoms with Crippen LogP contribution in [0.2, 0.25) is 0 Å². The summed E-state index contributed by atoms with van der Waals surface area (Å²) in [5.41, 5.74) is 1.00. The van der Waals surface area contributed by atoms with Gasteiger partial charge in [-0.3, -0.25) is 0 Å². The molecule has 0 aromatic carbocycles. The first-order valence-electron chi connectivity index (χ1n) is 3.46. The Bertz CT molecular complexity index is 354. The van der Waals surface area contributed by atoms with Gasteiger partial charge < -0.3 is 0 Å². The summed E-state index contributed by atoms with van der Waals surface area (Å²) in [6.07, 6.45) is 1.75. The fraction of sp³-hybridized carbons (Fsp3) is 0.286. The Kier molecular flexibility index (Phi) is 1.15. The zero-order valence-electron chi connectivity index (χ0n) is 6.52. The summed E-state index contributed by atoms with van der Waals surface area (Å²) in [7, 11) is 1.91. The number of aryl methyl sites for hydroxylation is 2. The van der Waals surface area contributed by atoms with E-state index in [-0.39, 0.29) is 0 Å². The van der Waals surface area contributed by atoms with E-state index in [4.69, 9.17) is 0 Å². The molecule has 0 saturated carbocycles. The van der Waals surface area contributed by atoms with Gasteiger partial charge in [0.2, 0.25) is 0 Å². The summed E-state index contributed by atoms with van der Waals surface area (Å²) < 4.78 is 3.61. The first-order valence-corrected chi connectivity index (χ1v) is 3.46. The zero-order chi connectivity index (χ0) is 7.84. The van der Waals surface area contributed by atoms with Crippen LogP contribution in [-0.4, -0.2) is 14.7 Å². The molecule has 4 nitrogen and oxygen atoms in total. The van der Waals surface area contributed by atoms with Crippen LogP contribution in [0.3, 0.4) is 0 Å². The third kappa shape index (κ3) is 0.790. The minimum Gasteiger partial charge on any atom is -0.131 e. The van der Waals surface area contributed by atoms with Gasteiger partial charge in [-0.25, -0.2) is 0 Å². The van der Waals surface area contributed by atoms with Crippen LogP contribution in [-0.2, 0) is 7.05 Å². The fourth-order valence-electron chi connectivity index (χ4n) is 1.17. The average molecular weight is 149 g/mol. The van der Waals surface area contributed by atoms with Crippen LogP contribution in [0.25, 0.3) is 5.65 Å². The lowest BCUT2D eigenvalue weighted by atomic mass is 10.5. The molecule has 2 rings (SSSR count). The number of hydrogen-bond acceptors (Lipinski definition) is 2. The van der Waals surface area contributed by atoms with Crippen molar-refractivity contribution < 1.29 is 4.68 Å². The molecule has 56 valence electrons. The van der Waals surface area contributed by atoms with Crippen LogP contribution in [0.1, 0.15) is 5.82 Å². The SMILES string of the molecule is Cc1n[n+](C)c2cccnn12. The fourth-order valence-corrected chi connectivity index (χ4v) is 1.17. The molecule has 0 saturated heterocycles. The molecule has 2 aromatic rings. The van der Waals surface area contributed by atoms with Crippen molar-refractivity contribution in [3.63, 3.8) is 0 Å². The van der Waals surface area contributed by atoms with Crippen molar-refractivity contribution in [2.75, 3.05) is 0 Å². The summed E-state index contributed by atoms with van der Waals surface area (Å²) in [6.45, 7) is 1.93. The molecule has 0 fully saturated rings. The highest BCUT2D eigenvalue weighted by molar-refractivity contribution is 5.28. The molecule has 0 unspecified atom stereocenters. The van der Waals surface area contributed by atoms with Crippen molar-refractivity contribution in [3.05, 3.63) is 24.2 Å². The minimum atomic E-state index is 0.906. The van der Waals surface area contributed by atoms with Gasteiger partial charge in [0.05, 0.1) is 6.20 Å². The maximum absolute atomic E-state index is 4.21. The third-order valence-corrected chi connectivity index (χ3v) is 1.66. The number of aromatic nitrogens is 4. The molecule has 0 spiro atoms. The van der Waals surface area contributed by atoms with E-state index >= 15 is 0 Å². The quantitative estimate of drug-likeness (QED) is 0.489. The van der Waals surface area contributed by atoms with E-state index in [1.54, 1.807) is 10.7 Å². The topological polar surface area (TPSA) is 34.1 Å². The maximum Gasteiger partial charge on any atom is 0.329 e. The summed E-state index contributed by atoms with van der Waals surface area (Å²) in [5.74, 6) is 0.906. The van der Waals surface area contributed by atoms with Gasteiger partial charge in [-0.15, -0.1) is 4.68 Å². The lowest BCUT2D eigenvalue weighted by molar-refractivity contribution is -0.704. The molecule has 0 aliphatic rings. The maximum atomic E-state index is 4.21. The highest BCUT2D eigenvalue weighted by Gasteiger charge is 2.11. The van der Waals surface area contributed by atoms with E-state index in [0.717, 1.165) is 11.5 Å². The van der Waals surface area contributed by atoms with Gasteiger partial charge in [0, 0.05) is 13.0 Å². The molecule has 0 radical (unpaired) electrons. The molecular weight excluding hydrogens is 140 g/mol. The molecule has 0 atom stereocenters. The molecule has 11 heavy (non-hydrogen) atoms. The smallest absolute Gasteiger partial charge is 0.131 e. The number of rotatable bonds is 0. The van der Waals surface area contributed by atoms with Gasteiger partial charge in [0.15, 0.2) is 0 Å². The second-order valence-electron chi connectivity index (χ2n) is 2.46. The van der Waals surface area contributed by atoms with Crippen LogP contribution in [0.5, 0.6) is 0 Å². The summed E-state index contributed by atoms with van der Waals surface area (Å²) >= 11 is 0. The molecule has 0 N–H and O–H groups in total. The van der Waals surface area contributed by atoms with Crippen molar-refractivity contribution >= 4 is 5.65 Å². The summed E-state index contributed by atoms with van der Waals surface area (Å²) in [6, 6.07) is 3.88. The normalized spacial score (nSPS) is 10.7. The van der Waals surface area contributed by atoms with Crippen LogP contribution in [0, 0.1) is 6.92 Å². The molecule has 0 amide bonds. The second kappa shape index (κ2) is 2.02. The lowest BCUT2D eigenvalue weighted by Gasteiger charge is -1.81. The average Bonchev–Trinajstić information content (AvgIpc) is 2.30. The Morgan fingerprint density at radius 3 is 3.09 bits per heavy atom. The van der Waals surface area contributed by atoms with E-state index in [2.05, 4.69) is 10.2 Å². The highest BCUT2D eigenvalue weighted by atomic mass is 15.4. The van der Waals surface area contributed by atoms with Crippen molar-refractivity contribution in [3.8, 4) is 0 Å². The third-order valence-electron chi connectivity index (χ3n) is 1.66. The predicted molar refractivity (Wildman–Crippen MR) is 38.9 cm³/mol. The highest BCUT2D eigenvalue weighted by Crippen LogP contribution is 1.94. The molecule has 2 heterocycles. The van der Waals surface area contributed by atoms with Gasteiger partial charge >= 0.3 is 5.65 Å². The van der Waals surface area contributed by atoms with Crippen molar-refractivity contribution in [2.45, 2.75) is 6.92 Å². The monoisotopic (exact) mass is 149 g/mol. The first-order chi connectivity index (χ1) is 5.29. The predicted octanol–water partition coefficient (Wildman–Crippen LogP) is -0.138. The van der Waals surface area contributed by atoms with Crippen LogP contribution in [0.4, 0.5) is 0 Å². The molecule has 0 bridgehead atoms. The van der Waals surface area contributed by atoms with Crippen molar-refractivity contribution in [1.29, 1.82) is 0 Å². The first kappa shape index (κ1) is 6.27. The molecule has 0 aliphatic carbocycles. The van der Waals surface area contributed by atoms with Crippen molar-refractivity contribution in [1.82, 2.24) is 14.7 Å². The summed E-state index contributed by atoms with van der Waals surface area (Å²) in [5, 5.41) is 8.34. The van der Waals surface area contributed by atoms with Crippen LogP contribution in [0.15, 0.2) is 18.3 Å². The van der Waals surface area contributed by atoms with Crippen LogP contribution >= 0.6 is 0 Å². The van der Waals surface area contributed by atoms with Crippen molar-refractivity contribution in [2.24, 2.45) is 7.05 Å². The second-order valence-corrected chi connectivity index (χ2v) is 2.46. The van der Waals surface area contributed by atoms with Gasteiger partial charge in [0.25, 0.3) is 5.82 Å². The van der Waals surface area contributed by atoms with E-state index in [0.29, 0.717) is 0 Å². The van der Waals surface area contributed by atoms with E-state index < -0.39 is 0 Å². The Balaban J connectivity index is 2.95. The number of nitrogens with zero attached hydrogens (tertiary/aromatic N) is 4. The molecule has 4 heteroatoms. The Labute approximate surface area is 64.1 Å². The van der Waals surface area contributed by atoms with Crippen LogP contribution < -0.4 is 4.68 Å². The van der Waals surface area contributed by atoms with Gasteiger partial charge in [-0.1, -0.05) is 9.61 Å². The Morgan fingerprint density at radius 2 is 2.36 bits per heavy atom. The lowest BCUT2D eigenvalue weighted by Crippen LogP contribution is -2.30. The zero-order valence-corrected chi connectivity index (χ0v) is 6.52. The minimum absolute atomic E-state index is 0.906. The largest absolute Gasteiger partial charge is 0.329 e. The van der Waals surface area contributed by atoms with Gasteiger partial charge in [-0.05, 0) is 11.2 Å². The van der Waals surface area contributed by atoms with E-state index in [1.165, 1.54) is 0 Å². The Morgan fingerprint density at radius 1 is 1.55 bits per heavy atom. The number of fused-ring (bicyclic) bond motifs is 1. The van der Waals surface area contributed by atoms with Gasteiger partial charge in [-0.2, -0.15) is 0 Å². The van der Waals surface area contributed by atoms with E-state index in [9.17, 15) is 0 Å². The molecule has 2 aromatic heterocycles. The molecular formula is C7H9N4+. The summed E-state index contributed by atoms with van der Waals surface area (Å²) in [4.78, 5) is 0. The van der Waals surface area contributed by atoms with Gasteiger partial charge in [0.1, 0.15) is 7.05 Å². The molecule has 0 aliphatic heterocycles. The Hall–Kier alpha value is -1.45. The number of hydrogen-bond donors (Lipinski definition) is 0. The standard InChI is InChI=1S/C7H9N4/c1-6-9-10(2)7-4-3-5-8-11(6)7/h3-5H,1-2H3/q+1.